The smallest absolute Gasteiger partial charge is 0.108 e. The molecule has 2 nitrogen and oxygen atoms in total. The van der Waals surface area contributed by atoms with E-state index in [1.807, 2.05) is 12.4 Å². The van der Waals surface area contributed by atoms with Crippen molar-refractivity contribution < 1.29 is 0 Å². The molecule has 0 saturated heterocycles. The van der Waals surface area contributed by atoms with E-state index in [4.69, 9.17) is 9.98 Å². The average Bonchev–Trinajstić information content (AvgIpc) is 3.29. The van der Waals surface area contributed by atoms with E-state index in [2.05, 4.69) is 109 Å². The molecule has 0 saturated carbocycles. The van der Waals surface area contributed by atoms with E-state index in [1.165, 1.54) is 19.4 Å². The van der Waals surface area contributed by atoms with Crippen molar-refractivity contribution in [3.63, 3.8) is 0 Å². The molecule has 4 aromatic carbocycles. The Morgan fingerprint density at radius 1 is 0.543 bits per heavy atom. The van der Waals surface area contributed by atoms with Crippen LogP contribution in [0, 0.1) is 0 Å². The Morgan fingerprint density at radius 3 is 1.71 bits per heavy atom. The molecule has 168 valence electrons. The first-order chi connectivity index (χ1) is 17.4. The zero-order valence-corrected chi connectivity index (χ0v) is 20.7. The van der Waals surface area contributed by atoms with Gasteiger partial charge in [0.05, 0.1) is 9.75 Å². The minimum absolute atomic E-state index is 0.917. The van der Waals surface area contributed by atoms with Gasteiger partial charge in [-0.3, -0.25) is 9.98 Å². The number of aliphatic imine (C=N–C) groups is 2. The van der Waals surface area contributed by atoms with Crippen molar-refractivity contribution in [3.05, 3.63) is 126 Å². The van der Waals surface area contributed by atoms with E-state index in [-0.39, 0.29) is 0 Å². The minimum Gasteiger partial charge on any atom is -0.501 e. The summed E-state index contributed by atoms with van der Waals surface area (Å²) in [6.45, 7) is 0. The molecule has 0 aliphatic carbocycles. The molecule has 0 fully saturated rings. The van der Waals surface area contributed by atoms with E-state index >= 15 is 0 Å². The molecule has 6 rings (SSSR count). The van der Waals surface area contributed by atoms with Crippen molar-refractivity contribution in [1.82, 2.24) is 0 Å². The highest BCUT2D eigenvalue weighted by atomic mass is 32.1. The lowest BCUT2D eigenvalue weighted by atomic mass is 10.1. The molecule has 5 aromatic rings. The van der Waals surface area contributed by atoms with E-state index < -0.39 is 0 Å². The number of nitrogens with zero attached hydrogens (tertiary/aromatic N) is 2. The molecule has 1 aliphatic rings. The third kappa shape index (κ3) is 4.53. The molecule has 1 aliphatic heterocycles. The molecule has 4 heteroatoms. The predicted octanol–water partition coefficient (Wildman–Crippen LogP) is 8.67. The molecular weight excluding hydrogens is 463 g/mol. The maximum absolute atomic E-state index is 5.11. The van der Waals surface area contributed by atoms with Gasteiger partial charge in [-0.1, -0.05) is 115 Å². The topological polar surface area (TPSA) is 24.7 Å². The molecule has 0 unspecified atom stereocenters. The molecule has 0 spiro atoms. The van der Waals surface area contributed by atoms with Gasteiger partial charge in [-0.05, 0) is 22.3 Å². The normalized spacial score (nSPS) is 13.4. The second-order valence-corrected chi connectivity index (χ2v) is 10.4. The van der Waals surface area contributed by atoms with Crippen LogP contribution in [0.2, 0.25) is 0 Å². The molecule has 0 radical (unpaired) electrons. The first-order valence-electron chi connectivity index (χ1n) is 11.6. The zero-order valence-electron chi connectivity index (χ0n) is 19.0. The van der Waals surface area contributed by atoms with Gasteiger partial charge in [0.15, 0.2) is 0 Å². The summed E-state index contributed by atoms with van der Waals surface area (Å²) in [5, 5.41) is 1.28. The van der Waals surface area contributed by atoms with Crippen LogP contribution in [0.5, 0.6) is 0 Å². The largest absolute Gasteiger partial charge is 0.501 e. The Bertz CT molecular complexity index is 1420. The fourth-order valence-electron chi connectivity index (χ4n) is 4.21. The van der Waals surface area contributed by atoms with E-state index in [1.54, 1.807) is 11.3 Å². The summed E-state index contributed by atoms with van der Waals surface area (Å²) in [5.41, 5.74) is 7.74. The molecule has 1 aromatic heterocycles. The summed E-state index contributed by atoms with van der Waals surface area (Å²) < 4.78 is 0. The van der Waals surface area contributed by atoms with Crippen molar-refractivity contribution in [2.75, 3.05) is 0 Å². The molecule has 2 heterocycles. The van der Waals surface area contributed by atoms with Gasteiger partial charge < -0.3 is 8.58 Å². The van der Waals surface area contributed by atoms with Crippen LogP contribution in [0.15, 0.2) is 119 Å². The highest BCUT2D eigenvalue weighted by molar-refractivity contribution is 7.46. The lowest BCUT2D eigenvalue weighted by Crippen LogP contribution is -2.04. The lowest BCUT2D eigenvalue weighted by Gasteiger charge is -2.22. The number of hydrogen-bond donors (Lipinski definition) is 0. The zero-order chi connectivity index (χ0) is 23.5. The van der Waals surface area contributed by atoms with Gasteiger partial charge in [0.2, 0.25) is 0 Å². The predicted molar refractivity (Wildman–Crippen MR) is 153 cm³/mol. The van der Waals surface area contributed by atoms with Crippen LogP contribution in [0.4, 0.5) is 11.4 Å². The summed E-state index contributed by atoms with van der Waals surface area (Å²) in [4.78, 5) is 12.5. The fraction of sp³-hybridized carbons (Fsp3) is 0.0323. The summed E-state index contributed by atoms with van der Waals surface area (Å²) in [5.74, 6) is 0. The van der Waals surface area contributed by atoms with Crippen molar-refractivity contribution in [3.8, 4) is 20.9 Å². The van der Waals surface area contributed by atoms with Crippen LogP contribution < -0.4 is 5.30 Å². The van der Waals surface area contributed by atoms with E-state index in [0.29, 0.717) is 0 Å². The van der Waals surface area contributed by atoms with Gasteiger partial charge in [-0.15, -0.1) is 11.3 Å². The van der Waals surface area contributed by atoms with Crippen LogP contribution in [0.3, 0.4) is 0 Å². The van der Waals surface area contributed by atoms with Gasteiger partial charge in [-0.2, -0.15) is 11.5 Å². The van der Waals surface area contributed by atoms with Crippen molar-refractivity contribution in [1.29, 1.82) is 0 Å². The number of hydrogen-bond acceptors (Lipinski definition) is 3. The Kier molecular flexibility index (Phi) is 6.19. The second-order valence-electron chi connectivity index (χ2n) is 8.28. The summed E-state index contributed by atoms with van der Waals surface area (Å²) in [6.07, 6.45) is 4.96. The third-order valence-corrected chi connectivity index (χ3v) is 8.52. The third-order valence-electron chi connectivity index (χ3n) is 6.01. The summed E-state index contributed by atoms with van der Waals surface area (Å²) in [6, 6.07) is 38.1. The maximum Gasteiger partial charge on any atom is 0.108 e. The maximum atomic E-state index is 5.11. The van der Waals surface area contributed by atoms with Crippen LogP contribution in [-0.4, -0.2) is 12.4 Å². The molecule has 0 bridgehead atoms. The fourth-order valence-corrected chi connectivity index (χ4v) is 6.55. The van der Waals surface area contributed by atoms with Crippen LogP contribution in [0.1, 0.15) is 16.7 Å². The SMILES string of the molecule is C1=Nc2c(-c3ccccc3)sc(-c3ccccc3)c2N=Cc2ccccc2[P-]Cc2ccccc21. The van der Waals surface area contributed by atoms with Crippen LogP contribution >= 0.6 is 19.9 Å². The molecule has 0 N–H and O–H groups in total. The van der Waals surface area contributed by atoms with Gasteiger partial charge >= 0.3 is 0 Å². The van der Waals surface area contributed by atoms with Gasteiger partial charge in [0.25, 0.3) is 0 Å². The Hall–Kier alpha value is -3.65. The number of thiophene rings is 1. The highest BCUT2D eigenvalue weighted by Gasteiger charge is 2.20. The van der Waals surface area contributed by atoms with Crippen LogP contribution in [0.25, 0.3) is 20.9 Å². The van der Waals surface area contributed by atoms with Gasteiger partial charge in [0.1, 0.15) is 11.4 Å². The molecule has 0 amide bonds. The van der Waals surface area contributed by atoms with Crippen molar-refractivity contribution >= 4 is 49.0 Å². The van der Waals surface area contributed by atoms with Crippen molar-refractivity contribution in [2.24, 2.45) is 9.98 Å². The summed E-state index contributed by atoms with van der Waals surface area (Å²) >= 11 is 1.76. The van der Waals surface area contributed by atoms with Gasteiger partial charge in [-0.25, -0.2) is 0 Å². The van der Waals surface area contributed by atoms with Gasteiger partial charge in [0, 0.05) is 12.4 Å². The number of benzene rings is 4. The Morgan fingerprint density at radius 2 is 1.06 bits per heavy atom. The first kappa shape index (κ1) is 21.9. The lowest BCUT2D eigenvalue weighted by molar-refractivity contribution is 1.39. The van der Waals surface area contributed by atoms with Crippen molar-refractivity contribution in [2.45, 2.75) is 6.16 Å². The molecule has 35 heavy (non-hydrogen) atoms. The average molecular weight is 486 g/mol. The monoisotopic (exact) mass is 485 g/mol. The quantitative estimate of drug-likeness (QED) is 0.224. The van der Waals surface area contributed by atoms with E-state index in [0.717, 1.165) is 49.5 Å². The minimum atomic E-state index is 0.917. The second kappa shape index (κ2) is 9.92. The summed E-state index contributed by atoms with van der Waals surface area (Å²) in [7, 11) is 1.25. The highest BCUT2D eigenvalue weighted by Crippen LogP contribution is 2.52. The first-order valence-corrected chi connectivity index (χ1v) is 13.5. The standard InChI is InChI=1S/C31H22N2PS/c1-3-11-22(12-4-1)30-28-29(31(35-30)23-13-5-2-6-14-23)33-20-25-16-9-10-18-27(25)34-21-26-17-8-7-15-24(26)19-32-28/h1-20H,21H2/q-1. The van der Waals surface area contributed by atoms with E-state index in [9.17, 15) is 0 Å². The number of rotatable bonds is 2. The Labute approximate surface area is 211 Å². The number of fused-ring (bicyclic) bond motifs is 3. The molecule has 0 atom stereocenters. The Balaban J connectivity index is 1.64. The molecular formula is C31H22N2PS-. The van der Waals surface area contributed by atoms with Crippen LogP contribution in [-0.2, 0) is 6.16 Å².